The first-order valence-electron chi connectivity index (χ1n) is 10.8. The number of amides is 1. The molecule has 2 heterocycles. The van der Waals surface area contributed by atoms with E-state index in [0.717, 1.165) is 0 Å². The number of alkyl halides is 2. The van der Waals surface area contributed by atoms with Crippen LogP contribution in [-0.4, -0.2) is 28.3 Å². The fraction of sp³-hybridized carbons (Fsp3) is 0.320. The molecule has 1 saturated carbocycles. The molecule has 0 bridgehead atoms. The Morgan fingerprint density at radius 3 is 2.56 bits per heavy atom. The topological polar surface area (TPSA) is 97.8 Å². The van der Waals surface area contributed by atoms with E-state index in [0.29, 0.717) is 47.5 Å². The number of carbonyl (C=O) groups is 2. The summed E-state index contributed by atoms with van der Waals surface area (Å²) in [5.41, 5.74) is 0.607. The molecule has 0 radical (unpaired) electrons. The summed E-state index contributed by atoms with van der Waals surface area (Å²) in [5, 5.41) is 12.5. The molecule has 1 aliphatic heterocycles. The van der Waals surface area contributed by atoms with Crippen molar-refractivity contribution in [2.24, 2.45) is 5.41 Å². The van der Waals surface area contributed by atoms with E-state index in [9.17, 15) is 23.5 Å². The molecule has 1 atom stereocenters. The zero-order valence-electron chi connectivity index (χ0n) is 18.5. The van der Waals surface area contributed by atoms with Crippen LogP contribution in [0.1, 0.15) is 44.4 Å². The van der Waals surface area contributed by atoms with Crippen LogP contribution in [-0.2, 0) is 15.0 Å². The number of nitrogens with zero attached hydrogens (tertiary/aromatic N) is 1. The van der Waals surface area contributed by atoms with Gasteiger partial charge in [0, 0.05) is 0 Å². The van der Waals surface area contributed by atoms with E-state index in [-0.39, 0.29) is 17.4 Å². The molecule has 2 N–H and O–H groups in total. The molecule has 0 spiro atoms. The van der Waals surface area contributed by atoms with Crippen molar-refractivity contribution in [3.8, 4) is 11.5 Å². The van der Waals surface area contributed by atoms with Gasteiger partial charge in [0.1, 0.15) is 5.82 Å². The third-order valence-corrected chi connectivity index (χ3v) is 6.92. The maximum Gasteiger partial charge on any atom is 0.586 e. The van der Waals surface area contributed by atoms with Gasteiger partial charge in [-0.3, -0.25) is 9.59 Å². The fourth-order valence-corrected chi connectivity index (χ4v) is 4.42. The monoisotopic (exact) mass is 468 g/mol. The molecule has 5 rings (SSSR count). The second-order valence-corrected chi connectivity index (χ2v) is 9.06. The van der Waals surface area contributed by atoms with Crippen molar-refractivity contribution in [2.75, 3.05) is 5.32 Å². The van der Waals surface area contributed by atoms with E-state index in [1.165, 1.54) is 12.1 Å². The van der Waals surface area contributed by atoms with Gasteiger partial charge in [-0.2, -0.15) is 0 Å². The highest BCUT2D eigenvalue weighted by Gasteiger charge is 2.53. The number of pyridine rings is 1. The van der Waals surface area contributed by atoms with Gasteiger partial charge in [-0.15, -0.1) is 8.78 Å². The number of benzene rings is 1. The minimum atomic E-state index is -3.72. The summed E-state index contributed by atoms with van der Waals surface area (Å²) in [6, 6.07) is 9.53. The first-order valence-corrected chi connectivity index (χ1v) is 10.8. The minimum absolute atomic E-state index is 0.0723. The summed E-state index contributed by atoms with van der Waals surface area (Å²) in [7, 11) is 0. The van der Waals surface area contributed by atoms with Crippen molar-refractivity contribution in [1.29, 1.82) is 0 Å². The quantitative estimate of drug-likeness (QED) is 0.648. The lowest BCUT2D eigenvalue weighted by molar-refractivity contribution is -0.286. The number of carbonyl (C=O) groups excluding carboxylic acids is 1. The Labute approximate surface area is 194 Å². The third-order valence-electron chi connectivity index (χ3n) is 6.92. The first kappa shape index (κ1) is 22.1. The molecule has 7 nitrogen and oxygen atoms in total. The van der Waals surface area contributed by atoms with Gasteiger partial charge >= 0.3 is 12.3 Å². The van der Waals surface area contributed by atoms with Crippen LogP contribution < -0.4 is 14.8 Å². The summed E-state index contributed by atoms with van der Waals surface area (Å²) in [6.07, 6.45) is 1.43. The summed E-state index contributed by atoms with van der Waals surface area (Å²) >= 11 is 0. The number of hydrogen-bond acceptors (Lipinski definition) is 5. The van der Waals surface area contributed by atoms with Crippen LogP contribution in [0.4, 0.5) is 14.6 Å². The number of anilines is 1. The summed E-state index contributed by atoms with van der Waals surface area (Å²) < 4.78 is 35.7. The van der Waals surface area contributed by atoms with Gasteiger partial charge in [-0.05, 0) is 74.1 Å². The van der Waals surface area contributed by atoms with E-state index < -0.39 is 23.1 Å². The molecular formula is C25H22F2N2O5. The van der Waals surface area contributed by atoms with Crippen LogP contribution in [0.3, 0.4) is 0 Å². The Bertz CT molecular complexity index is 1280. The second-order valence-electron chi connectivity index (χ2n) is 9.06. The van der Waals surface area contributed by atoms with Crippen molar-refractivity contribution in [3.05, 3.63) is 65.4 Å². The molecular weight excluding hydrogens is 446 g/mol. The Morgan fingerprint density at radius 2 is 1.85 bits per heavy atom. The minimum Gasteiger partial charge on any atom is -0.481 e. The van der Waals surface area contributed by atoms with E-state index in [4.69, 9.17) is 0 Å². The lowest BCUT2D eigenvalue weighted by atomic mass is 9.74. The number of carboxylic acid groups (broad SMARTS) is 1. The standard InChI is InChI=1S/C25H22F2N2O5/c1-14-16(5-4-10-23(14,2)22(31)32)17-6-3-7-20(28-17)29-21(30)24(11-12-24)15-8-9-18-19(13-15)34-25(26,27)33-18/h3-9,13H,10-12H2,1-2H3,(H,31,32)(H,28,29,30). The van der Waals surface area contributed by atoms with Gasteiger partial charge in [0.05, 0.1) is 16.5 Å². The van der Waals surface area contributed by atoms with E-state index >= 15 is 0 Å². The van der Waals surface area contributed by atoms with Crippen LogP contribution in [0.15, 0.2) is 54.1 Å². The van der Waals surface area contributed by atoms with Gasteiger partial charge < -0.3 is 19.9 Å². The number of aliphatic carboxylic acids is 1. The Balaban J connectivity index is 1.39. The molecule has 1 amide bonds. The molecule has 3 aliphatic rings. The van der Waals surface area contributed by atoms with Gasteiger partial charge in [-0.1, -0.05) is 24.3 Å². The molecule has 1 fully saturated rings. The highest BCUT2D eigenvalue weighted by molar-refractivity contribution is 6.01. The Hall–Kier alpha value is -3.75. The lowest BCUT2D eigenvalue weighted by Crippen LogP contribution is -2.30. The summed E-state index contributed by atoms with van der Waals surface area (Å²) in [6.45, 7) is 3.46. The highest BCUT2D eigenvalue weighted by Crippen LogP contribution is 2.52. The van der Waals surface area contributed by atoms with Crippen LogP contribution in [0.25, 0.3) is 5.57 Å². The number of fused-ring (bicyclic) bond motifs is 1. The predicted octanol–water partition coefficient (Wildman–Crippen LogP) is 4.90. The maximum atomic E-state index is 13.4. The van der Waals surface area contributed by atoms with Crippen molar-refractivity contribution < 1.29 is 33.0 Å². The third kappa shape index (κ3) is 3.52. The Kier molecular flexibility index (Phi) is 4.79. The van der Waals surface area contributed by atoms with E-state index in [1.54, 1.807) is 38.1 Å². The largest absolute Gasteiger partial charge is 0.586 e. The van der Waals surface area contributed by atoms with Gasteiger partial charge in [0.15, 0.2) is 11.5 Å². The number of hydrogen-bond donors (Lipinski definition) is 2. The number of halogens is 2. The fourth-order valence-electron chi connectivity index (χ4n) is 4.42. The molecule has 0 saturated heterocycles. The van der Waals surface area contributed by atoms with E-state index in [2.05, 4.69) is 19.8 Å². The maximum absolute atomic E-state index is 13.4. The lowest BCUT2D eigenvalue weighted by Gasteiger charge is -2.29. The number of allylic oxidation sites excluding steroid dienone is 3. The summed E-state index contributed by atoms with van der Waals surface area (Å²) in [4.78, 5) is 29.6. The average Bonchev–Trinajstić information content (AvgIpc) is 3.53. The molecule has 2 aliphatic carbocycles. The van der Waals surface area contributed by atoms with Crippen molar-refractivity contribution in [1.82, 2.24) is 4.98 Å². The second kappa shape index (κ2) is 7.38. The smallest absolute Gasteiger partial charge is 0.481 e. The average molecular weight is 468 g/mol. The molecule has 1 unspecified atom stereocenters. The normalized spacial score (nSPS) is 23.5. The molecule has 2 aromatic rings. The number of carboxylic acids is 1. The van der Waals surface area contributed by atoms with Crippen LogP contribution in [0.2, 0.25) is 0 Å². The van der Waals surface area contributed by atoms with Crippen molar-refractivity contribution in [3.63, 3.8) is 0 Å². The van der Waals surface area contributed by atoms with Crippen LogP contribution in [0.5, 0.6) is 11.5 Å². The van der Waals surface area contributed by atoms with Crippen LogP contribution >= 0.6 is 0 Å². The molecule has 1 aromatic carbocycles. The summed E-state index contributed by atoms with van der Waals surface area (Å²) in [5.74, 6) is -1.07. The Morgan fingerprint density at radius 1 is 1.12 bits per heavy atom. The predicted molar refractivity (Wildman–Crippen MR) is 119 cm³/mol. The first-order chi connectivity index (χ1) is 16.0. The molecule has 1 aromatic heterocycles. The molecule has 176 valence electrons. The van der Waals surface area contributed by atoms with Gasteiger partial charge in [0.2, 0.25) is 5.91 Å². The SMILES string of the molecule is CC1=C(c2cccc(NC(=O)C3(c4ccc5c(c4)OC(F)(F)O5)CC3)n2)C=CCC1(C)C(=O)O. The van der Waals surface area contributed by atoms with Gasteiger partial charge in [-0.25, -0.2) is 4.98 Å². The number of ether oxygens (including phenoxy) is 2. The molecule has 34 heavy (non-hydrogen) atoms. The van der Waals surface area contributed by atoms with Crippen molar-refractivity contribution >= 4 is 23.3 Å². The number of nitrogens with one attached hydrogen (secondary N) is 1. The van der Waals surface area contributed by atoms with Crippen LogP contribution in [0, 0.1) is 5.41 Å². The van der Waals surface area contributed by atoms with E-state index in [1.807, 2.05) is 12.2 Å². The highest BCUT2D eigenvalue weighted by atomic mass is 19.3. The van der Waals surface area contributed by atoms with Gasteiger partial charge in [0.25, 0.3) is 0 Å². The number of aromatic nitrogens is 1. The number of rotatable bonds is 5. The zero-order chi connectivity index (χ0) is 24.3. The van der Waals surface area contributed by atoms with Crippen molar-refractivity contribution in [2.45, 2.75) is 44.8 Å². The molecule has 9 heteroatoms. The zero-order valence-corrected chi connectivity index (χ0v) is 18.5.